The van der Waals surface area contributed by atoms with Gasteiger partial charge in [-0.3, -0.25) is 0 Å². The topological polar surface area (TPSA) is 55.6 Å². The number of carbonyl (C=O) groups excluding carboxylic acids is 1. The van der Waals surface area contributed by atoms with Crippen LogP contribution in [-0.2, 0) is 4.74 Å². The zero-order valence-electron chi connectivity index (χ0n) is 13.7. The molecule has 2 atom stereocenters. The average Bonchev–Trinajstić information content (AvgIpc) is 2.45. The number of ether oxygens (including phenoxy) is 1. The standard InChI is InChI=1S/C18H24N2O2/c1-12(11-20(3)4)13(2)22-18(21)17-10-15(19)9-14-7-5-6-8-16(14)17/h5-10,12-13H,11,19H2,1-4H3. The Balaban J connectivity index is 2.23. The first-order chi connectivity index (χ1) is 10.4. The molecule has 0 bridgehead atoms. The normalized spacial score (nSPS) is 14.0. The maximum atomic E-state index is 12.5. The summed E-state index contributed by atoms with van der Waals surface area (Å²) in [6.45, 7) is 4.88. The molecule has 22 heavy (non-hydrogen) atoms. The lowest BCUT2D eigenvalue weighted by Gasteiger charge is -2.23. The third-order valence-electron chi connectivity index (χ3n) is 3.85. The number of hydrogen-bond acceptors (Lipinski definition) is 4. The van der Waals surface area contributed by atoms with Crippen molar-refractivity contribution >= 4 is 22.4 Å². The Morgan fingerprint density at radius 1 is 1.23 bits per heavy atom. The van der Waals surface area contributed by atoms with Crippen molar-refractivity contribution in [2.45, 2.75) is 20.0 Å². The number of rotatable bonds is 5. The Morgan fingerprint density at radius 3 is 2.59 bits per heavy atom. The van der Waals surface area contributed by atoms with Crippen molar-refractivity contribution in [2.75, 3.05) is 26.4 Å². The molecular formula is C18H24N2O2. The van der Waals surface area contributed by atoms with Gasteiger partial charge in [0.15, 0.2) is 0 Å². The Bertz CT molecular complexity index is 667. The van der Waals surface area contributed by atoms with Crippen LogP contribution >= 0.6 is 0 Å². The molecule has 2 rings (SSSR count). The zero-order valence-corrected chi connectivity index (χ0v) is 13.7. The van der Waals surface area contributed by atoms with Gasteiger partial charge in [0, 0.05) is 18.2 Å². The maximum absolute atomic E-state index is 12.5. The van der Waals surface area contributed by atoms with Crippen LogP contribution in [0.1, 0.15) is 24.2 Å². The second-order valence-electron chi connectivity index (χ2n) is 6.14. The molecule has 4 nitrogen and oxygen atoms in total. The fraction of sp³-hybridized carbons (Fsp3) is 0.389. The summed E-state index contributed by atoms with van der Waals surface area (Å²) in [6, 6.07) is 11.3. The van der Waals surface area contributed by atoms with Gasteiger partial charge < -0.3 is 15.4 Å². The minimum absolute atomic E-state index is 0.157. The Morgan fingerprint density at radius 2 is 1.91 bits per heavy atom. The van der Waals surface area contributed by atoms with E-state index in [1.807, 2.05) is 51.4 Å². The number of hydrogen-bond donors (Lipinski definition) is 1. The first-order valence-corrected chi connectivity index (χ1v) is 7.52. The smallest absolute Gasteiger partial charge is 0.339 e. The second-order valence-corrected chi connectivity index (χ2v) is 6.14. The second kappa shape index (κ2) is 6.79. The Hall–Kier alpha value is -2.07. The minimum atomic E-state index is -0.318. The highest BCUT2D eigenvalue weighted by Gasteiger charge is 2.20. The lowest BCUT2D eigenvalue weighted by Crippen LogP contribution is -2.30. The van der Waals surface area contributed by atoms with Crippen molar-refractivity contribution in [1.82, 2.24) is 4.90 Å². The average molecular weight is 300 g/mol. The number of fused-ring (bicyclic) bond motifs is 1. The van der Waals surface area contributed by atoms with Gasteiger partial charge in [-0.05, 0) is 43.9 Å². The predicted molar refractivity (Wildman–Crippen MR) is 91.0 cm³/mol. The van der Waals surface area contributed by atoms with Crippen molar-refractivity contribution in [3.8, 4) is 0 Å². The van der Waals surface area contributed by atoms with E-state index in [0.29, 0.717) is 11.3 Å². The third kappa shape index (κ3) is 3.77. The molecule has 0 saturated heterocycles. The molecule has 4 heteroatoms. The molecule has 2 unspecified atom stereocenters. The van der Waals surface area contributed by atoms with Gasteiger partial charge in [-0.2, -0.15) is 0 Å². The van der Waals surface area contributed by atoms with E-state index in [4.69, 9.17) is 10.5 Å². The molecule has 2 N–H and O–H groups in total. The molecule has 0 aromatic heterocycles. The van der Waals surface area contributed by atoms with Crippen LogP contribution in [0.2, 0.25) is 0 Å². The summed E-state index contributed by atoms with van der Waals surface area (Å²) in [5.41, 5.74) is 7.00. The fourth-order valence-electron chi connectivity index (χ4n) is 2.58. The van der Waals surface area contributed by atoms with Crippen molar-refractivity contribution in [3.63, 3.8) is 0 Å². The monoisotopic (exact) mass is 300 g/mol. The van der Waals surface area contributed by atoms with E-state index in [0.717, 1.165) is 17.3 Å². The van der Waals surface area contributed by atoms with Crippen LogP contribution in [0, 0.1) is 5.92 Å². The van der Waals surface area contributed by atoms with Crippen LogP contribution in [0.4, 0.5) is 5.69 Å². The van der Waals surface area contributed by atoms with Gasteiger partial charge >= 0.3 is 5.97 Å². The quantitative estimate of drug-likeness (QED) is 0.680. The van der Waals surface area contributed by atoms with Crippen LogP contribution in [0.5, 0.6) is 0 Å². The molecule has 0 spiro atoms. The molecule has 0 saturated carbocycles. The fourth-order valence-corrected chi connectivity index (χ4v) is 2.58. The van der Waals surface area contributed by atoms with E-state index < -0.39 is 0 Å². The van der Waals surface area contributed by atoms with Gasteiger partial charge in [0.2, 0.25) is 0 Å². The minimum Gasteiger partial charge on any atom is -0.459 e. The molecule has 0 aliphatic carbocycles. The molecule has 0 heterocycles. The molecule has 0 aliphatic heterocycles. The van der Waals surface area contributed by atoms with Crippen LogP contribution in [0.25, 0.3) is 10.8 Å². The van der Waals surface area contributed by atoms with E-state index in [-0.39, 0.29) is 18.0 Å². The first kappa shape index (κ1) is 16.3. The molecular weight excluding hydrogens is 276 g/mol. The van der Waals surface area contributed by atoms with Crippen LogP contribution in [0.3, 0.4) is 0 Å². The number of esters is 1. The Kier molecular flexibility index (Phi) is 5.03. The predicted octanol–water partition coefficient (Wildman–Crippen LogP) is 3.17. The summed E-state index contributed by atoms with van der Waals surface area (Å²) < 4.78 is 5.64. The highest BCUT2D eigenvalue weighted by Crippen LogP contribution is 2.24. The van der Waals surface area contributed by atoms with Gasteiger partial charge in [0.1, 0.15) is 6.10 Å². The number of carbonyl (C=O) groups is 1. The molecule has 0 fully saturated rings. The lowest BCUT2D eigenvalue weighted by molar-refractivity contribution is 0.0189. The summed E-state index contributed by atoms with van der Waals surface area (Å²) >= 11 is 0. The summed E-state index contributed by atoms with van der Waals surface area (Å²) in [4.78, 5) is 14.6. The summed E-state index contributed by atoms with van der Waals surface area (Å²) in [6.07, 6.45) is -0.157. The van der Waals surface area contributed by atoms with E-state index in [2.05, 4.69) is 11.8 Å². The molecule has 0 radical (unpaired) electrons. The third-order valence-corrected chi connectivity index (χ3v) is 3.85. The van der Waals surface area contributed by atoms with Gasteiger partial charge in [-0.15, -0.1) is 0 Å². The molecule has 2 aromatic carbocycles. The zero-order chi connectivity index (χ0) is 16.3. The van der Waals surface area contributed by atoms with Crippen LogP contribution in [-0.4, -0.2) is 37.6 Å². The number of anilines is 1. The van der Waals surface area contributed by atoms with Crippen LogP contribution < -0.4 is 5.73 Å². The highest BCUT2D eigenvalue weighted by atomic mass is 16.5. The van der Waals surface area contributed by atoms with E-state index >= 15 is 0 Å². The summed E-state index contributed by atoms with van der Waals surface area (Å²) in [5, 5.41) is 1.82. The molecule has 0 amide bonds. The SMILES string of the molecule is CC(CN(C)C)C(C)OC(=O)c1cc(N)cc2ccccc12. The van der Waals surface area contributed by atoms with Gasteiger partial charge in [-0.25, -0.2) is 4.79 Å². The Labute approximate surface area is 131 Å². The number of nitrogens with two attached hydrogens (primary N) is 1. The van der Waals surface area contributed by atoms with E-state index in [9.17, 15) is 4.79 Å². The maximum Gasteiger partial charge on any atom is 0.339 e. The molecule has 118 valence electrons. The molecule has 0 aliphatic rings. The summed E-state index contributed by atoms with van der Waals surface area (Å²) in [7, 11) is 4.02. The van der Waals surface area contributed by atoms with Crippen molar-refractivity contribution in [2.24, 2.45) is 5.92 Å². The van der Waals surface area contributed by atoms with Crippen molar-refractivity contribution in [3.05, 3.63) is 42.0 Å². The largest absolute Gasteiger partial charge is 0.459 e. The van der Waals surface area contributed by atoms with Gasteiger partial charge in [-0.1, -0.05) is 31.2 Å². The van der Waals surface area contributed by atoms with E-state index in [1.54, 1.807) is 6.07 Å². The number of nitrogens with zero attached hydrogens (tertiary/aromatic N) is 1. The van der Waals surface area contributed by atoms with Crippen molar-refractivity contribution in [1.29, 1.82) is 0 Å². The summed E-state index contributed by atoms with van der Waals surface area (Å²) in [5.74, 6) is -0.0621. The molecule has 2 aromatic rings. The van der Waals surface area contributed by atoms with E-state index in [1.165, 1.54) is 0 Å². The van der Waals surface area contributed by atoms with Crippen LogP contribution in [0.15, 0.2) is 36.4 Å². The highest BCUT2D eigenvalue weighted by molar-refractivity contribution is 6.06. The van der Waals surface area contributed by atoms with Gasteiger partial charge in [0.05, 0.1) is 5.56 Å². The van der Waals surface area contributed by atoms with Gasteiger partial charge in [0.25, 0.3) is 0 Å². The lowest BCUT2D eigenvalue weighted by atomic mass is 10.0. The number of benzene rings is 2. The van der Waals surface area contributed by atoms with Crippen molar-refractivity contribution < 1.29 is 9.53 Å². The number of nitrogen functional groups attached to an aromatic ring is 1. The first-order valence-electron chi connectivity index (χ1n) is 7.52.